The molecule has 0 unspecified atom stereocenters. The Hall–Kier alpha value is -8.09. The van der Waals surface area contributed by atoms with Gasteiger partial charge in [0.1, 0.15) is 22.3 Å². The molecule has 4 aromatic heterocycles. The third-order valence-electron chi connectivity index (χ3n) is 11.8. The number of rotatable bonds is 4. The Morgan fingerprint density at radius 2 is 0.966 bits per heavy atom. The fraction of sp³-hybridized carbons (Fsp3) is 0. The highest BCUT2D eigenvalue weighted by molar-refractivity contribution is 6.25. The third kappa shape index (κ3) is 4.71. The van der Waals surface area contributed by atoms with Crippen LogP contribution in [0.25, 0.3) is 127 Å². The average Bonchev–Trinajstić information content (AvgIpc) is 3.98. The van der Waals surface area contributed by atoms with Gasteiger partial charge in [0.15, 0.2) is 11.6 Å². The van der Waals surface area contributed by atoms with Crippen LogP contribution < -0.4 is 0 Å². The second-order valence-electron chi connectivity index (χ2n) is 15.1. The third-order valence-corrected chi connectivity index (χ3v) is 11.8. The topological polar surface area (TPSA) is 69.9 Å². The van der Waals surface area contributed by atoms with Gasteiger partial charge in [0.2, 0.25) is 5.95 Å². The van der Waals surface area contributed by atoms with Crippen LogP contribution in [0.4, 0.5) is 0 Å². The van der Waals surface area contributed by atoms with Crippen molar-refractivity contribution < 1.29 is 8.83 Å². The van der Waals surface area contributed by atoms with Gasteiger partial charge in [-0.25, -0.2) is 4.98 Å². The highest BCUT2D eigenvalue weighted by atomic mass is 16.3. The maximum Gasteiger partial charge on any atom is 0.238 e. The van der Waals surface area contributed by atoms with E-state index in [9.17, 15) is 0 Å². The van der Waals surface area contributed by atoms with Crippen LogP contribution in [0, 0.1) is 0 Å². The van der Waals surface area contributed by atoms with Gasteiger partial charge in [-0.3, -0.25) is 4.57 Å². The molecule has 0 fully saturated rings. The molecule has 13 aromatic rings. The van der Waals surface area contributed by atoms with E-state index in [-0.39, 0.29) is 0 Å². The Morgan fingerprint density at radius 1 is 0.356 bits per heavy atom. The molecular weight excluding hydrogens is 725 g/mol. The second-order valence-corrected chi connectivity index (χ2v) is 15.1. The van der Waals surface area contributed by atoms with Gasteiger partial charge in [0, 0.05) is 60.0 Å². The first-order valence-corrected chi connectivity index (χ1v) is 19.8. The maximum absolute atomic E-state index is 6.84. The van der Waals surface area contributed by atoms with Crippen molar-refractivity contribution in [3.8, 4) is 39.9 Å². The highest BCUT2D eigenvalue weighted by Gasteiger charge is 2.25. The van der Waals surface area contributed by atoms with Crippen molar-refractivity contribution in [2.24, 2.45) is 0 Å². The molecular formula is C53H30N4O2. The van der Waals surface area contributed by atoms with Gasteiger partial charge in [-0.15, -0.1) is 0 Å². The Bertz CT molecular complexity index is 3860. The zero-order chi connectivity index (χ0) is 38.6. The zero-order valence-electron chi connectivity index (χ0n) is 31.4. The minimum Gasteiger partial charge on any atom is -0.456 e. The Morgan fingerprint density at radius 3 is 1.80 bits per heavy atom. The lowest BCUT2D eigenvalue weighted by Crippen LogP contribution is -2.07. The monoisotopic (exact) mass is 754 g/mol. The summed E-state index contributed by atoms with van der Waals surface area (Å²) in [4.78, 5) is 15.9. The molecule has 6 heteroatoms. The summed E-state index contributed by atoms with van der Waals surface area (Å²) in [6.45, 7) is 0. The van der Waals surface area contributed by atoms with Crippen LogP contribution in [-0.4, -0.2) is 19.5 Å². The van der Waals surface area contributed by atoms with Gasteiger partial charge in [-0.2, -0.15) is 9.97 Å². The lowest BCUT2D eigenvalue weighted by molar-refractivity contribution is 0.669. The second kappa shape index (κ2) is 12.2. The summed E-state index contributed by atoms with van der Waals surface area (Å²) in [5.41, 5.74) is 9.12. The normalized spacial score (nSPS) is 12.1. The Kier molecular flexibility index (Phi) is 6.63. The van der Waals surface area contributed by atoms with E-state index in [2.05, 4.69) is 120 Å². The number of aromatic nitrogens is 4. The van der Waals surface area contributed by atoms with E-state index in [1.54, 1.807) is 0 Å². The number of para-hydroxylation sites is 3. The first kappa shape index (κ1) is 32.0. The quantitative estimate of drug-likeness (QED) is 0.179. The van der Waals surface area contributed by atoms with Crippen LogP contribution in [0.3, 0.4) is 0 Å². The van der Waals surface area contributed by atoms with Crippen LogP contribution in [0.1, 0.15) is 0 Å². The average molecular weight is 755 g/mol. The molecule has 0 radical (unpaired) electrons. The summed E-state index contributed by atoms with van der Waals surface area (Å²) in [6, 6.07) is 63.2. The molecule has 274 valence electrons. The molecule has 0 amide bonds. The van der Waals surface area contributed by atoms with Crippen LogP contribution in [0.15, 0.2) is 191 Å². The molecule has 0 N–H and O–H groups in total. The van der Waals surface area contributed by atoms with Crippen LogP contribution >= 0.6 is 0 Å². The summed E-state index contributed by atoms with van der Waals surface area (Å²) in [7, 11) is 0. The Balaban J connectivity index is 1.18. The molecule has 0 saturated heterocycles. The van der Waals surface area contributed by atoms with Crippen LogP contribution in [-0.2, 0) is 0 Å². The number of hydrogen-bond donors (Lipinski definition) is 0. The number of furan rings is 2. The molecule has 4 heterocycles. The van der Waals surface area contributed by atoms with Gasteiger partial charge >= 0.3 is 0 Å². The van der Waals surface area contributed by atoms with Crippen molar-refractivity contribution in [1.82, 2.24) is 19.5 Å². The maximum atomic E-state index is 6.84. The molecule has 59 heavy (non-hydrogen) atoms. The van der Waals surface area contributed by atoms with E-state index in [1.807, 2.05) is 66.7 Å². The van der Waals surface area contributed by atoms with Crippen molar-refractivity contribution in [2.75, 3.05) is 0 Å². The fourth-order valence-corrected chi connectivity index (χ4v) is 9.19. The number of hydrogen-bond acceptors (Lipinski definition) is 5. The molecule has 0 saturated carbocycles. The summed E-state index contributed by atoms with van der Waals surface area (Å²) in [6.07, 6.45) is 0. The minimum absolute atomic E-state index is 0.517. The van der Waals surface area contributed by atoms with E-state index in [4.69, 9.17) is 23.8 Å². The first-order chi connectivity index (χ1) is 29.2. The van der Waals surface area contributed by atoms with Crippen molar-refractivity contribution >= 4 is 87.2 Å². The van der Waals surface area contributed by atoms with Crippen LogP contribution in [0.5, 0.6) is 0 Å². The van der Waals surface area contributed by atoms with Gasteiger partial charge in [-0.05, 0) is 46.5 Å². The van der Waals surface area contributed by atoms with E-state index in [0.29, 0.717) is 17.6 Å². The largest absolute Gasteiger partial charge is 0.456 e. The van der Waals surface area contributed by atoms with Crippen molar-refractivity contribution in [2.45, 2.75) is 0 Å². The summed E-state index contributed by atoms with van der Waals surface area (Å²) in [5.74, 6) is 1.64. The standard InChI is InChI=1S/C53H30N4O2/c1-2-14-32(15-3-1)51-54-52(34-26-27-39-37-19-8-10-23-44(37)58-46(39)30-34)56-53(55-51)57-48-36-18-7-4-13-31(36)25-28-41(48)40-21-12-22-42(49(40)57)47-35-17-6-5-16-33(35)29-43-38-20-9-11-24-45(38)59-50(43)47/h1-30H. The van der Waals surface area contributed by atoms with E-state index in [1.165, 1.54) is 0 Å². The van der Waals surface area contributed by atoms with Crippen LogP contribution in [0.2, 0.25) is 0 Å². The van der Waals surface area contributed by atoms with E-state index in [0.717, 1.165) is 109 Å². The number of fused-ring (bicyclic) bond motifs is 12. The predicted octanol–water partition coefficient (Wildman–Crippen LogP) is 14.1. The van der Waals surface area contributed by atoms with Crippen molar-refractivity contribution in [3.63, 3.8) is 0 Å². The first-order valence-electron chi connectivity index (χ1n) is 19.8. The molecule has 13 rings (SSSR count). The van der Waals surface area contributed by atoms with Crippen molar-refractivity contribution in [3.05, 3.63) is 182 Å². The predicted molar refractivity (Wildman–Crippen MR) is 240 cm³/mol. The summed E-state index contributed by atoms with van der Waals surface area (Å²) in [5, 5.41) is 11.0. The van der Waals surface area contributed by atoms with Gasteiger partial charge in [0.25, 0.3) is 0 Å². The fourth-order valence-electron chi connectivity index (χ4n) is 9.19. The number of nitrogens with zero attached hydrogens (tertiary/aromatic N) is 4. The minimum atomic E-state index is 0.517. The van der Waals surface area contributed by atoms with Gasteiger partial charge in [-0.1, -0.05) is 152 Å². The SMILES string of the molecule is c1ccc(-c2nc(-c3ccc4c(c3)oc3ccccc34)nc(-n3c4c(-c5c6ccccc6cc6c5oc5ccccc56)cccc4c4ccc5ccccc5c43)n2)cc1. The molecule has 6 nitrogen and oxygen atoms in total. The zero-order valence-corrected chi connectivity index (χ0v) is 31.4. The molecule has 9 aromatic carbocycles. The Labute approximate surface area is 336 Å². The highest BCUT2D eigenvalue weighted by Crippen LogP contribution is 2.46. The summed E-state index contributed by atoms with van der Waals surface area (Å²) >= 11 is 0. The molecule has 0 atom stereocenters. The van der Waals surface area contributed by atoms with E-state index >= 15 is 0 Å². The lowest BCUT2D eigenvalue weighted by atomic mass is 9.93. The molecule has 0 bridgehead atoms. The summed E-state index contributed by atoms with van der Waals surface area (Å²) < 4.78 is 15.5. The molecule has 0 aliphatic heterocycles. The molecule has 0 spiro atoms. The molecule has 0 aliphatic carbocycles. The van der Waals surface area contributed by atoms with Gasteiger partial charge < -0.3 is 8.83 Å². The van der Waals surface area contributed by atoms with Gasteiger partial charge in [0.05, 0.1) is 11.0 Å². The van der Waals surface area contributed by atoms with Crippen molar-refractivity contribution in [1.29, 1.82) is 0 Å². The van der Waals surface area contributed by atoms with E-state index < -0.39 is 0 Å². The smallest absolute Gasteiger partial charge is 0.238 e. The molecule has 0 aliphatic rings. The number of benzene rings is 9. The lowest BCUT2D eigenvalue weighted by Gasteiger charge is -2.15.